The van der Waals surface area contributed by atoms with Gasteiger partial charge in [-0.2, -0.15) is 5.10 Å². The van der Waals surface area contributed by atoms with Gasteiger partial charge < -0.3 is 10.2 Å². The van der Waals surface area contributed by atoms with Crippen LogP contribution in [0, 0.1) is 18.8 Å². The van der Waals surface area contributed by atoms with Crippen LogP contribution < -0.4 is 5.32 Å². The van der Waals surface area contributed by atoms with Crippen LogP contribution in [0.1, 0.15) is 45.1 Å². The lowest BCUT2D eigenvalue weighted by Gasteiger charge is -2.36. The van der Waals surface area contributed by atoms with Gasteiger partial charge in [0, 0.05) is 55.2 Å². The molecule has 2 aromatic rings. The number of likely N-dealkylation sites (N-methyl/N-ethyl adjacent to an activating group) is 1. The van der Waals surface area contributed by atoms with E-state index >= 15 is 0 Å². The largest absolute Gasteiger partial charge is 0.322 e. The Bertz CT molecular complexity index is 1370. The normalized spacial score (nSPS) is 22.8. The molecule has 2 atom stereocenters. The number of fused-ring (bicyclic) bond motifs is 2. The number of hydrogen-bond donors (Lipinski definition) is 1. The van der Waals surface area contributed by atoms with Crippen LogP contribution in [0.2, 0.25) is 0 Å². The van der Waals surface area contributed by atoms with Gasteiger partial charge in [0.15, 0.2) is 0 Å². The van der Waals surface area contributed by atoms with E-state index in [9.17, 15) is 4.79 Å². The number of piperazine rings is 1. The summed E-state index contributed by atoms with van der Waals surface area (Å²) in [6.07, 6.45) is 7.75. The molecule has 7 nitrogen and oxygen atoms in total. The highest BCUT2D eigenvalue weighted by atomic mass is 16.1. The number of allylic oxidation sites excluding steroid dienone is 1. The number of hydrogen-bond acceptors (Lipinski definition) is 6. The number of nitrogens with zero attached hydrogens (tertiary/aromatic N) is 5. The summed E-state index contributed by atoms with van der Waals surface area (Å²) in [6, 6.07) is 12.5. The zero-order chi connectivity index (χ0) is 25.4. The number of aryl methyl sites for hydroxylation is 2. The number of benzene rings is 2. The highest BCUT2D eigenvalue weighted by molar-refractivity contribution is 6.04. The molecular weight excluding hydrogens is 460 g/mol. The van der Waals surface area contributed by atoms with Crippen LogP contribution in [0.15, 0.2) is 58.6 Å². The molecule has 4 aliphatic rings. The number of hydrazone groups is 1. The van der Waals surface area contributed by atoms with E-state index in [1.807, 2.05) is 48.4 Å². The first kappa shape index (κ1) is 23.7. The third-order valence-electron chi connectivity index (χ3n) is 7.78. The van der Waals surface area contributed by atoms with Gasteiger partial charge in [0.1, 0.15) is 11.9 Å². The second kappa shape index (κ2) is 9.97. The SMILES string of the molecule is Cc1ccc(NC(=O)c2ccc3c(c2)CC[C@H]3N2CCN(C)CC2)cc1C#CC1CN=C2C=CC=NN21. The summed E-state index contributed by atoms with van der Waals surface area (Å²) in [4.78, 5) is 22.6. The Labute approximate surface area is 218 Å². The van der Waals surface area contributed by atoms with Gasteiger partial charge in [-0.05, 0) is 79.9 Å². The molecular formula is C30H32N6O. The number of amidine groups is 1. The molecule has 1 aliphatic carbocycles. The Balaban J connectivity index is 1.14. The number of nitrogens with one attached hydrogen (secondary N) is 1. The number of carbonyl (C=O) groups excluding carboxylic acids is 1. The molecule has 188 valence electrons. The minimum absolute atomic E-state index is 0.0741. The predicted octanol–water partition coefficient (Wildman–Crippen LogP) is 3.47. The lowest BCUT2D eigenvalue weighted by molar-refractivity contribution is 0.102. The molecule has 1 saturated heterocycles. The molecule has 0 saturated carbocycles. The van der Waals surface area contributed by atoms with Crippen LogP contribution in [0.4, 0.5) is 5.69 Å². The third kappa shape index (κ3) is 4.83. The number of carbonyl (C=O) groups is 1. The lowest BCUT2D eigenvalue weighted by Crippen LogP contribution is -2.45. The van der Waals surface area contributed by atoms with Crippen molar-refractivity contribution < 1.29 is 4.79 Å². The van der Waals surface area contributed by atoms with Gasteiger partial charge in [0.25, 0.3) is 5.91 Å². The summed E-state index contributed by atoms with van der Waals surface area (Å²) in [5.74, 6) is 7.36. The fourth-order valence-corrected chi connectivity index (χ4v) is 5.55. The van der Waals surface area contributed by atoms with Gasteiger partial charge in [-0.25, -0.2) is 5.01 Å². The molecule has 3 aliphatic heterocycles. The molecule has 0 bridgehead atoms. The maximum absolute atomic E-state index is 13.1. The van der Waals surface area contributed by atoms with E-state index in [4.69, 9.17) is 0 Å². The Kier molecular flexibility index (Phi) is 6.37. The van der Waals surface area contributed by atoms with Crippen molar-refractivity contribution in [1.29, 1.82) is 0 Å². The van der Waals surface area contributed by atoms with Crippen molar-refractivity contribution in [2.24, 2.45) is 10.1 Å². The molecule has 3 heterocycles. The second-order valence-electron chi connectivity index (χ2n) is 10.2. The summed E-state index contributed by atoms with van der Waals surface area (Å²) in [7, 11) is 2.19. The molecule has 6 rings (SSSR count). The number of anilines is 1. The Hall–Kier alpha value is -3.73. The zero-order valence-corrected chi connectivity index (χ0v) is 21.4. The zero-order valence-electron chi connectivity index (χ0n) is 21.4. The average molecular weight is 493 g/mol. The first-order valence-electron chi connectivity index (χ1n) is 13.1. The van der Waals surface area contributed by atoms with Gasteiger partial charge >= 0.3 is 0 Å². The molecule has 37 heavy (non-hydrogen) atoms. The molecule has 2 aromatic carbocycles. The van der Waals surface area contributed by atoms with E-state index in [2.05, 4.69) is 56.2 Å². The fraction of sp³-hybridized carbons (Fsp3) is 0.367. The van der Waals surface area contributed by atoms with Gasteiger partial charge in [-0.15, -0.1) is 0 Å². The molecule has 0 radical (unpaired) electrons. The van der Waals surface area contributed by atoms with E-state index < -0.39 is 0 Å². The van der Waals surface area contributed by atoms with Crippen LogP contribution >= 0.6 is 0 Å². The van der Waals surface area contributed by atoms with Crippen LogP contribution in [-0.2, 0) is 6.42 Å². The van der Waals surface area contributed by atoms with E-state index in [1.165, 1.54) is 11.1 Å². The highest BCUT2D eigenvalue weighted by Gasteiger charge is 2.30. The van der Waals surface area contributed by atoms with E-state index in [0.717, 1.165) is 61.7 Å². The van der Waals surface area contributed by atoms with Crippen molar-refractivity contribution in [2.75, 3.05) is 45.1 Å². The van der Waals surface area contributed by atoms with Gasteiger partial charge in [-0.3, -0.25) is 14.7 Å². The molecule has 0 aromatic heterocycles. The molecule has 7 heteroatoms. The van der Waals surface area contributed by atoms with Crippen LogP contribution in [0.3, 0.4) is 0 Å². The van der Waals surface area contributed by atoms with Crippen molar-refractivity contribution in [3.05, 3.63) is 76.4 Å². The minimum Gasteiger partial charge on any atom is -0.322 e. The lowest BCUT2D eigenvalue weighted by atomic mass is 10.0. The number of rotatable bonds is 3. The first-order valence-corrected chi connectivity index (χ1v) is 13.1. The Morgan fingerprint density at radius 3 is 2.84 bits per heavy atom. The summed E-state index contributed by atoms with van der Waals surface area (Å²) in [6.45, 7) is 7.10. The maximum Gasteiger partial charge on any atom is 0.255 e. The summed E-state index contributed by atoms with van der Waals surface area (Å²) in [5, 5.41) is 9.32. The van der Waals surface area contributed by atoms with Crippen LogP contribution in [-0.4, -0.2) is 78.6 Å². The monoisotopic (exact) mass is 492 g/mol. The van der Waals surface area contributed by atoms with Gasteiger partial charge in [-0.1, -0.05) is 24.0 Å². The highest BCUT2D eigenvalue weighted by Crippen LogP contribution is 2.36. The topological polar surface area (TPSA) is 63.5 Å². The van der Waals surface area contributed by atoms with Crippen LogP contribution in [0.25, 0.3) is 0 Å². The molecule has 1 fully saturated rings. The first-order chi connectivity index (χ1) is 18.0. The van der Waals surface area contributed by atoms with E-state index in [-0.39, 0.29) is 11.9 Å². The Morgan fingerprint density at radius 2 is 1.97 bits per heavy atom. The molecule has 1 N–H and O–H groups in total. The van der Waals surface area contributed by atoms with Gasteiger partial charge in [0.05, 0.1) is 6.54 Å². The van der Waals surface area contributed by atoms with Crippen molar-refractivity contribution in [2.45, 2.75) is 31.8 Å². The van der Waals surface area contributed by atoms with Crippen molar-refractivity contribution >= 4 is 23.6 Å². The van der Waals surface area contributed by atoms with E-state index in [1.54, 1.807) is 6.21 Å². The van der Waals surface area contributed by atoms with Crippen molar-refractivity contribution in [3.8, 4) is 11.8 Å². The molecule has 1 amide bonds. The molecule has 0 spiro atoms. The summed E-state index contributed by atoms with van der Waals surface area (Å²) >= 11 is 0. The quantitative estimate of drug-likeness (QED) is 0.667. The summed E-state index contributed by atoms with van der Waals surface area (Å²) in [5.41, 5.74) is 6.11. The van der Waals surface area contributed by atoms with Crippen molar-refractivity contribution in [1.82, 2.24) is 14.8 Å². The smallest absolute Gasteiger partial charge is 0.255 e. The van der Waals surface area contributed by atoms with Gasteiger partial charge in [0.2, 0.25) is 0 Å². The standard InChI is InChI=1S/C30H32N6O/c1-21-5-9-25(19-22(21)6-10-26-20-31-29-4-3-13-32-36(26)29)33-30(37)24-7-11-27-23(18-24)8-12-28(27)35-16-14-34(2)15-17-35/h3-5,7,9,11,13,18-19,26,28H,8,12,14-17,20H2,1-2H3,(H,33,37)/t26?,28-/m1/s1. The van der Waals surface area contributed by atoms with E-state index in [0.29, 0.717) is 18.2 Å². The van der Waals surface area contributed by atoms with Crippen molar-refractivity contribution in [3.63, 3.8) is 0 Å². The van der Waals surface area contributed by atoms with Crippen LogP contribution in [0.5, 0.6) is 0 Å². The Morgan fingerprint density at radius 1 is 1.11 bits per heavy atom. The predicted molar refractivity (Wildman–Crippen MR) is 148 cm³/mol. The maximum atomic E-state index is 13.1. The molecule has 1 unspecified atom stereocenters. The number of amides is 1. The third-order valence-corrected chi connectivity index (χ3v) is 7.78. The second-order valence-corrected chi connectivity index (χ2v) is 10.2. The minimum atomic E-state index is -0.0862. The summed E-state index contributed by atoms with van der Waals surface area (Å²) < 4.78 is 0. The average Bonchev–Trinajstić information content (AvgIpc) is 3.53. The fourth-order valence-electron chi connectivity index (χ4n) is 5.55. The number of aliphatic imine (C=N–C) groups is 1.